The van der Waals surface area contributed by atoms with E-state index in [-0.39, 0.29) is 24.7 Å². The molecule has 5 rings (SSSR count). The molecule has 44 heavy (non-hydrogen) atoms. The van der Waals surface area contributed by atoms with Gasteiger partial charge >= 0.3 is 5.97 Å². The molecule has 0 radical (unpaired) electrons. The molecule has 0 bridgehead atoms. The second-order valence-corrected chi connectivity index (χ2v) is 11.1. The van der Waals surface area contributed by atoms with Crippen LogP contribution in [0.5, 0.6) is 11.5 Å². The van der Waals surface area contributed by atoms with Gasteiger partial charge in [0.05, 0.1) is 35.1 Å². The van der Waals surface area contributed by atoms with Gasteiger partial charge in [-0.2, -0.15) is 0 Å². The van der Waals surface area contributed by atoms with Crippen LogP contribution in [0.15, 0.2) is 93.9 Å². The first-order valence-corrected chi connectivity index (χ1v) is 15.1. The highest BCUT2D eigenvalue weighted by Crippen LogP contribution is 2.31. The summed E-state index contributed by atoms with van der Waals surface area (Å²) in [5, 5.41) is 2.80. The molecule has 0 saturated heterocycles. The van der Waals surface area contributed by atoms with Gasteiger partial charge in [-0.15, -0.1) is 0 Å². The predicted molar refractivity (Wildman–Crippen MR) is 170 cm³/mol. The van der Waals surface area contributed by atoms with Gasteiger partial charge in [-0.1, -0.05) is 53.3 Å². The number of carbonyl (C=O) groups is 2. The highest BCUT2D eigenvalue weighted by molar-refractivity contribution is 7.07. The Bertz CT molecular complexity index is 1870. The summed E-state index contributed by atoms with van der Waals surface area (Å²) in [6, 6.07) is 21.3. The van der Waals surface area contributed by atoms with Crippen molar-refractivity contribution in [1.29, 1.82) is 0 Å². The van der Waals surface area contributed by atoms with Crippen LogP contribution >= 0.6 is 11.3 Å². The second-order valence-electron chi connectivity index (χ2n) is 10.1. The Morgan fingerprint density at radius 1 is 0.909 bits per heavy atom. The number of anilines is 1. The SMILES string of the molecule is CCOC(=O)C1=C(C)N=c2s/c(=C\c3ccc(OCC(=O)Nc4ccc(C)cc4)cc3)c(=O)n2[C@H]1c1ccc(OCC)cc1. The molecule has 0 aliphatic carbocycles. The molecule has 4 aromatic rings. The normalized spacial score (nSPS) is 14.5. The van der Waals surface area contributed by atoms with Crippen LogP contribution < -0.4 is 29.7 Å². The monoisotopic (exact) mass is 611 g/mol. The summed E-state index contributed by atoms with van der Waals surface area (Å²) in [4.78, 5) is 44.3. The van der Waals surface area contributed by atoms with Crippen molar-refractivity contribution in [2.45, 2.75) is 33.7 Å². The van der Waals surface area contributed by atoms with E-state index in [4.69, 9.17) is 14.2 Å². The molecule has 1 aromatic heterocycles. The largest absolute Gasteiger partial charge is 0.494 e. The van der Waals surface area contributed by atoms with Crippen molar-refractivity contribution in [3.63, 3.8) is 0 Å². The smallest absolute Gasteiger partial charge is 0.338 e. The second kappa shape index (κ2) is 13.6. The molecule has 0 spiro atoms. The number of allylic oxidation sites excluding steroid dienone is 1. The van der Waals surface area contributed by atoms with Crippen LogP contribution in [-0.4, -0.2) is 36.3 Å². The number of fused-ring (bicyclic) bond motifs is 1. The standard InChI is InChI=1S/C34H33N3O6S/c1-5-41-26-17-11-24(12-18-26)31-30(33(40)42-6-2)22(4)35-34-37(31)32(39)28(44-34)19-23-9-15-27(16-10-23)43-20-29(38)36-25-13-7-21(3)8-14-25/h7-19,31H,5-6,20H2,1-4H3,(H,36,38)/b28-19-/t31-/m0/s1. The Hall–Kier alpha value is -4.96. The number of aromatic nitrogens is 1. The van der Waals surface area contributed by atoms with Gasteiger partial charge in [0.2, 0.25) is 0 Å². The maximum atomic E-state index is 13.8. The Morgan fingerprint density at radius 2 is 1.57 bits per heavy atom. The summed E-state index contributed by atoms with van der Waals surface area (Å²) in [5.74, 6) is 0.442. The molecule has 1 aliphatic heterocycles. The summed E-state index contributed by atoms with van der Waals surface area (Å²) in [6.07, 6.45) is 1.77. The average molecular weight is 612 g/mol. The fraction of sp³-hybridized carbons (Fsp3) is 0.235. The van der Waals surface area contributed by atoms with Crippen molar-refractivity contribution in [3.8, 4) is 11.5 Å². The van der Waals surface area contributed by atoms with Gasteiger partial charge < -0.3 is 19.5 Å². The minimum absolute atomic E-state index is 0.139. The number of hydrogen-bond donors (Lipinski definition) is 1. The van der Waals surface area contributed by atoms with Crippen LogP contribution in [0, 0.1) is 6.92 Å². The van der Waals surface area contributed by atoms with E-state index in [0.717, 1.165) is 16.7 Å². The molecule has 1 atom stereocenters. The Balaban J connectivity index is 1.40. The number of thiazole rings is 1. The minimum Gasteiger partial charge on any atom is -0.494 e. The number of nitrogens with one attached hydrogen (secondary N) is 1. The highest BCUT2D eigenvalue weighted by Gasteiger charge is 2.33. The Kier molecular flexibility index (Phi) is 9.40. The molecule has 3 aromatic carbocycles. The van der Waals surface area contributed by atoms with Gasteiger partial charge in [0.15, 0.2) is 11.4 Å². The zero-order valence-corrected chi connectivity index (χ0v) is 25.8. The van der Waals surface area contributed by atoms with Crippen molar-refractivity contribution in [1.82, 2.24) is 4.57 Å². The zero-order chi connectivity index (χ0) is 31.2. The Labute approximate surface area is 258 Å². The maximum absolute atomic E-state index is 13.8. The summed E-state index contributed by atoms with van der Waals surface area (Å²) >= 11 is 1.25. The third-order valence-electron chi connectivity index (χ3n) is 6.91. The van der Waals surface area contributed by atoms with Crippen molar-refractivity contribution in [2.75, 3.05) is 25.1 Å². The number of aryl methyl sites for hydroxylation is 1. The van der Waals surface area contributed by atoms with Crippen molar-refractivity contribution in [2.24, 2.45) is 4.99 Å². The van der Waals surface area contributed by atoms with Crippen LogP contribution in [0.25, 0.3) is 6.08 Å². The number of carbonyl (C=O) groups excluding carboxylic acids is 2. The summed E-state index contributed by atoms with van der Waals surface area (Å²) in [7, 11) is 0. The molecule has 2 heterocycles. The first-order chi connectivity index (χ1) is 21.3. The number of ether oxygens (including phenoxy) is 3. The predicted octanol–water partition coefficient (Wildman–Crippen LogP) is 4.52. The van der Waals surface area contributed by atoms with E-state index in [1.807, 2.05) is 74.5 Å². The van der Waals surface area contributed by atoms with Crippen molar-refractivity contribution >= 4 is 35.0 Å². The van der Waals surface area contributed by atoms with Crippen molar-refractivity contribution < 1.29 is 23.8 Å². The maximum Gasteiger partial charge on any atom is 0.338 e. The average Bonchev–Trinajstić information content (AvgIpc) is 3.31. The summed E-state index contributed by atoms with van der Waals surface area (Å²) in [6.45, 7) is 7.97. The molecule has 1 N–H and O–H groups in total. The van der Waals surface area contributed by atoms with E-state index in [2.05, 4.69) is 10.3 Å². The summed E-state index contributed by atoms with van der Waals surface area (Å²) in [5.41, 5.74) is 3.88. The lowest BCUT2D eigenvalue weighted by atomic mass is 9.96. The molecular weight excluding hydrogens is 578 g/mol. The minimum atomic E-state index is -0.704. The number of amides is 1. The molecule has 0 saturated carbocycles. The molecule has 226 valence electrons. The van der Waals surface area contributed by atoms with E-state index in [1.54, 1.807) is 36.6 Å². The fourth-order valence-electron chi connectivity index (χ4n) is 4.81. The van der Waals surface area contributed by atoms with Crippen LogP contribution in [0.3, 0.4) is 0 Å². The van der Waals surface area contributed by atoms with Crippen LogP contribution in [-0.2, 0) is 14.3 Å². The van der Waals surface area contributed by atoms with Gasteiger partial charge in [-0.3, -0.25) is 14.2 Å². The lowest BCUT2D eigenvalue weighted by molar-refractivity contribution is -0.139. The lowest BCUT2D eigenvalue weighted by Crippen LogP contribution is -2.39. The first kappa shape index (κ1) is 30.5. The van der Waals surface area contributed by atoms with E-state index in [9.17, 15) is 14.4 Å². The third kappa shape index (κ3) is 6.81. The van der Waals surface area contributed by atoms with Gasteiger partial charge in [-0.25, -0.2) is 9.79 Å². The lowest BCUT2D eigenvalue weighted by Gasteiger charge is -2.24. The van der Waals surface area contributed by atoms with E-state index < -0.39 is 12.0 Å². The highest BCUT2D eigenvalue weighted by atomic mass is 32.1. The quantitative estimate of drug-likeness (QED) is 0.264. The number of benzene rings is 3. The van der Waals surface area contributed by atoms with E-state index in [1.165, 1.54) is 11.3 Å². The fourth-order valence-corrected chi connectivity index (χ4v) is 5.86. The van der Waals surface area contributed by atoms with Crippen LogP contribution in [0.2, 0.25) is 0 Å². The molecule has 1 amide bonds. The molecule has 0 unspecified atom stereocenters. The zero-order valence-electron chi connectivity index (χ0n) is 25.0. The number of rotatable bonds is 10. The number of hydrogen-bond acceptors (Lipinski definition) is 8. The molecular formula is C34H33N3O6S. The van der Waals surface area contributed by atoms with Gasteiger partial charge in [0.25, 0.3) is 11.5 Å². The van der Waals surface area contributed by atoms with Gasteiger partial charge in [-0.05, 0) is 81.3 Å². The van der Waals surface area contributed by atoms with Gasteiger partial charge in [0.1, 0.15) is 11.5 Å². The third-order valence-corrected chi connectivity index (χ3v) is 7.89. The van der Waals surface area contributed by atoms with Crippen LogP contribution in [0.1, 0.15) is 43.5 Å². The van der Waals surface area contributed by atoms with E-state index >= 15 is 0 Å². The topological polar surface area (TPSA) is 108 Å². The van der Waals surface area contributed by atoms with Crippen LogP contribution in [0.4, 0.5) is 5.69 Å². The molecule has 10 heteroatoms. The molecule has 0 fully saturated rings. The summed E-state index contributed by atoms with van der Waals surface area (Å²) < 4.78 is 18.6. The first-order valence-electron chi connectivity index (χ1n) is 14.3. The molecule has 1 aliphatic rings. The number of esters is 1. The Morgan fingerprint density at radius 3 is 2.23 bits per heavy atom. The van der Waals surface area contributed by atoms with Crippen molar-refractivity contribution in [3.05, 3.63) is 120 Å². The molecule has 9 nitrogen and oxygen atoms in total. The van der Waals surface area contributed by atoms with Gasteiger partial charge in [0, 0.05) is 5.69 Å². The van der Waals surface area contributed by atoms with E-state index in [0.29, 0.717) is 44.4 Å². The number of nitrogens with zero attached hydrogens (tertiary/aromatic N) is 2.